The monoisotopic (exact) mass is 263 g/mol. The van der Waals surface area contributed by atoms with Gasteiger partial charge in [-0.2, -0.15) is 0 Å². The molecule has 1 aromatic carbocycles. The molecule has 2 atom stereocenters. The van der Waals surface area contributed by atoms with Crippen molar-refractivity contribution in [3.63, 3.8) is 0 Å². The lowest BCUT2D eigenvalue weighted by atomic mass is 9.94. The molecule has 0 aliphatic rings. The van der Waals surface area contributed by atoms with Crippen LogP contribution in [-0.2, 0) is 11.2 Å². The minimum atomic E-state index is -0.806. The Hall–Kier alpha value is -1.35. The maximum Gasteiger partial charge on any atom is 0.304 e. The summed E-state index contributed by atoms with van der Waals surface area (Å²) in [5, 5.41) is 8.67. The Bertz CT molecular complexity index is 403. The summed E-state index contributed by atoms with van der Waals surface area (Å²) >= 11 is 0. The molecule has 0 aromatic heterocycles. The van der Waals surface area contributed by atoms with Crippen molar-refractivity contribution < 1.29 is 9.90 Å². The maximum atomic E-state index is 10.5. The first-order valence-electron chi connectivity index (χ1n) is 7.00. The first-order valence-corrected chi connectivity index (χ1v) is 7.00. The first kappa shape index (κ1) is 15.7. The van der Waals surface area contributed by atoms with Gasteiger partial charge in [-0.05, 0) is 37.7 Å². The Kier molecular flexibility index (Phi) is 6.57. The van der Waals surface area contributed by atoms with E-state index >= 15 is 0 Å². The molecule has 0 radical (unpaired) electrons. The van der Waals surface area contributed by atoms with E-state index in [0.29, 0.717) is 5.92 Å². The quantitative estimate of drug-likeness (QED) is 0.757. The Morgan fingerprint density at radius 1 is 1.42 bits per heavy atom. The van der Waals surface area contributed by atoms with E-state index in [1.54, 1.807) is 0 Å². The molecular weight excluding hydrogens is 238 g/mol. The number of rotatable bonds is 8. The molecule has 0 aliphatic heterocycles. The third kappa shape index (κ3) is 6.97. The molecule has 0 aliphatic carbocycles. The van der Waals surface area contributed by atoms with Gasteiger partial charge in [-0.15, -0.1) is 0 Å². The largest absolute Gasteiger partial charge is 0.481 e. The molecule has 3 heteroatoms. The van der Waals surface area contributed by atoms with Gasteiger partial charge in [0, 0.05) is 6.04 Å². The van der Waals surface area contributed by atoms with Crippen LogP contribution in [0.15, 0.2) is 24.3 Å². The Morgan fingerprint density at radius 2 is 2.16 bits per heavy atom. The SMILES string of the molecule is Cc1cccc(CCC[C@H](C)C[C@H](N)CC(=O)O)c1. The molecular formula is C16H25NO2. The predicted octanol–water partition coefficient (Wildman–Crippen LogP) is 3.15. The second kappa shape index (κ2) is 7.95. The van der Waals surface area contributed by atoms with Crippen LogP contribution in [0, 0.1) is 12.8 Å². The van der Waals surface area contributed by atoms with Gasteiger partial charge >= 0.3 is 5.97 Å². The zero-order valence-electron chi connectivity index (χ0n) is 11.9. The van der Waals surface area contributed by atoms with Crippen LogP contribution in [0.5, 0.6) is 0 Å². The maximum absolute atomic E-state index is 10.5. The number of carboxylic acids is 1. The van der Waals surface area contributed by atoms with E-state index in [2.05, 4.69) is 38.1 Å². The minimum absolute atomic E-state index is 0.0716. The standard InChI is InChI=1S/C16H25NO2/c1-12-5-3-7-14(9-12)8-4-6-13(2)10-15(17)11-16(18)19/h3,5,7,9,13,15H,4,6,8,10-11,17H2,1-2H3,(H,18,19)/t13-,15-/m0/s1. The van der Waals surface area contributed by atoms with Crippen LogP contribution >= 0.6 is 0 Å². The number of nitrogens with two attached hydrogens (primary N) is 1. The van der Waals surface area contributed by atoms with Gasteiger partial charge in [0.1, 0.15) is 0 Å². The zero-order chi connectivity index (χ0) is 14.3. The summed E-state index contributed by atoms with van der Waals surface area (Å²) in [5.74, 6) is -0.321. The van der Waals surface area contributed by atoms with Crippen LogP contribution < -0.4 is 5.73 Å². The van der Waals surface area contributed by atoms with E-state index in [4.69, 9.17) is 10.8 Å². The molecule has 0 fully saturated rings. The average molecular weight is 263 g/mol. The molecule has 0 heterocycles. The van der Waals surface area contributed by atoms with E-state index in [0.717, 1.165) is 25.7 Å². The summed E-state index contributed by atoms with van der Waals surface area (Å²) in [7, 11) is 0. The summed E-state index contributed by atoms with van der Waals surface area (Å²) in [5.41, 5.74) is 8.47. The summed E-state index contributed by atoms with van der Waals surface area (Å²) in [4.78, 5) is 10.5. The number of hydrogen-bond acceptors (Lipinski definition) is 2. The van der Waals surface area contributed by atoms with Gasteiger partial charge in [0.2, 0.25) is 0 Å². The molecule has 0 saturated carbocycles. The summed E-state index contributed by atoms with van der Waals surface area (Å²) in [6.07, 6.45) is 4.17. The molecule has 106 valence electrons. The van der Waals surface area contributed by atoms with Crippen molar-refractivity contribution in [1.29, 1.82) is 0 Å². The molecule has 1 rings (SSSR count). The van der Waals surface area contributed by atoms with Gasteiger partial charge in [-0.25, -0.2) is 0 Å². The average Bonchev–Trinajstić information content (AvgIpc) is 2.27. The highest BCUT2D eigenvalue weighted by Gasteiger charge is 2.12. The van der Waals surface area contributed by atoms with E-state index in [9.17, 15) is 4.79 Å². The van der Waals surface area contributed by atoms with Crippen molar-refractivity contribution in [2.75, 3.05) is 0 Å². The van der Waals surface area contributed by atoms with Gasteiger partial charge < -0.3 is 10.8 Å². The van der Waals surface area contributed by atoms with E-state index in [1.807, 2.05) is 0 Å². The van der Waals surface area contributed by atoms with Crippen LogP contribution in [0.1, 0.15) is 43.7 Å². The third-order valence-electron chi connectivity index (χ3n) is 3.39. The topological polar surface area (TPSA) is 63.3 Å². The Balaban J connectivity index is 2.23. The number of benzene rings is 1. The normalized spacial score (nSPS) is 14.1. The number of aryl methyl sites for hydroxylation is 2. The van der Waals surface area contributed by atoms with Crippen molar-refractivity contribution in [2.24, 2.45) is 11.7 Å². The summed E-state index contributed by atoms with van der Waals surface area (Å²) in [6, 6.07) is 8.37. The minimum Gasteiger partial charge on any atom is -0.481 e. The van der Waals surface area contributed by atoms with Gasteiger partial charge in [0.25, 0.3) is 0 Å². The number of carboxylic acid groups (broad SMARTS) is 1. The second-order valence-corrected chi connectivity index (χ2v) is 5.58. The van der Waals surface area contributed by atoms with E-state index in [-0.39, 0.29) is 12.5 Å². The van der Waals surface area contributed by atoms with Gasteiger partial charge in [0.05, 0.1) is 6.42 Å². The fraction of sp³-hybridized carbons (Fsp3) is 0.562. The van der Waals surface area contributed by atoms with Crippen molar-refractivity contribution in [1.82, 2.24) is 0 Å². The highest BCUT2D eigenvalue weighted by Crippen LogP contribution is 2.16. The van der Waals surface area contributed by atoms with Crippen LogP contribution in [0.3, 0.4) is 0 Å². The van der Waals surface area contributed by atoms with Gasteiger partial charge in [-0.1, -0.05) is 43.2 Å². The van der Waals surface area contributed by atoms with E-state index < -0.39 is 5.97 Å². The number of aliphatic carboxylic acids is 1. The summed E-state index contributed by atoms with van der Waals surface area (Å²) < 4.78 is 0. The van der Waals surface area contributed by atoms with Crippen molar-refractivity contribution >= 4 is 5.97 Å². The molecule has 0 bridgehead atoms. The molecule has 0 amide bonds. The zero-order valence-corrected chi connectivity index (χ0v) is 11.9. The smallest absolute Gasteiger partial charge is 0.304 e. The Morgan fingerprint density at radius 3 is 2.79 bits per heavy atom. The van der Waals surface area contributed by atoms with E-state index in [1.165, 1.54) is 11.1 Å². The number of hydrogen-bond donors (Lipinski definition) is 2. The molecule has 3 nitrogen and oxygen atoms in total. The second-order valence-electron chi connectivity index (χ2n) is 5.58. The molecule has 0 saturated heterocycles. The first-order chi connectivity index (χ1) is 8.97. The van der Waals surface area contributed by atoms with Gasteiger partial charge in [0.15, 0.2) is 0 Å². The van der Waals surface area contributed by atoms with Crippen LogP contribution in [-0.4, -0.2) is 17.1 Å². The Labute approximate surface area is 115 Å². The fourth-order valence-corrected chi connectivity index (χ4v) is 2.46. The summed E-state index contributed by atoms with van der Waals surface area (Å²) in [6.45, 7) is 4.26. The number of carbonyl (C=O) groups is 1. The van der Waals surface area contributed by atoms with Crippen LogP contribution in [0.25, 0.3) is 0 Å². The lowest BCUT2D eigenvalue weighted by Gasteiger charge is -2.15. The van der Waals surface area contributed by atoms with Gasteiger partial charge in [-0.3, -0.25) is 4.79 Å². The van der Waals surface area contributed by atoms with Crippen molar-refractivity contribution in [3.05, 3.63) is 35.4 Å². The van der Waals surface area contributed by atoms with Crippen molar-refractivity contribution in [3.8, 4) is 0 Å². The highest BCUT2D eigenvalue weighted by atomic mass is 16.4. The third-order valence-corrected chi connectivity index (χ3v) is 3.39. The fourth-order valence-electron chi connectivity index (χ4n) is 2.46. The van der Waals surface area contributed by atoms with Crippen LogP contribution in [0.4, 0.5) is 0 Å². The van der Waals surface area contributed by atoms with Crippen LogP contribution in [0.2, 0.25) is 0 Å². The molecule has 0 unspecified atom stereocenters. The highest BCUT2D eigenvalue weighted by molar-refractivity contribution is 5.67. The predicted molar refractivity (Wildman–Crippen MR) is 78.1 cm³/mol. The molecule has 0 spiro atoms. The van der Waals surface area contributed by atoms with Crippen molar-refractivity contribution in [2.45, 2.75) is 52.0 Å². The molecule has 3 N–H and O–H groups in total. The molecule has 1 aromatic rings. The molecule has 19 heavy (non-hydrogen) atoms. The lowest BCUT2D eigenvalue weighted by molar-refractivity contribution is -0.137. The lowest BCUT2D eigenvalue weighted by Crippen LogP contribution is -2.26.